The molecule has 0 aromatic carbocycles. The molecule has 0 aliphatic carbocycles. The van der Waals surface area contributed by atoms with E-state index in [0.29, 0.717) is 11.6 Å². The molecule has 18 heavy (non-hydrogen) atoms. The van der Waals surface area contributed by atoms with Gasteiger partial charge in [-0.2, -0.15) is 0 Å². The van der Waals surface area contributed by atoms with E-state index < -0.39 is 0 Å². The number of hydrogen-bond donors (Lipinski definition) is 1. The van der Waals surface area contributed by atoms with Gasteiger partial charge in [-0.25, -0.2) is 0 Å². The maximum atomic E-state index is 12.2. The monoisotopic (exact) mass is 249 g/mol. The number of piperidine rings is 1. The molecule has 1 aliphatic rings. The molecule has 1 saturated heterocycles. The first-order chi connectivity index (χ1) is 8.58. The molecule has 0 spiro atoms. The standard InChI is InChI=1S/C13H19N3O2/c1-15(2)11-4-7-16(8-5-11)13(18)10-3-6-14-12(17)9-10/h3,6,9,11H,4-5,7-8H2,1-2H3,(H,14,17). The van der Waals surface area contributed by atoms with Gasteiger partial charge in [0.25, 0.3) is 5.91 Å². The first-order valence-electron chi connectivity index (χ1n) is 6.22. The Bertz CT molecular complexity index is 473. The zero-order valence-electron chi connectivity index (χ0n) is 10.8. The second kappa shape index (κ2) is 5.35. The summed E-state index contributed by atoms with van der Waals surface area (Å²) >= 11 is 0. The van der Waals surface area contributed by atoms with Crippen molar-refractivity contribution in [2.24, 2.45) is 0 Å². The number of rotatable bonds is 2. The molecule has 1 fully saturated rings. The maximum absolute atomic E-state index is 12.2. The van der Waals surface area contributed by atoms with E-state index in [2.05, 4.69) is 24.0 Å². The fourth-order valence-corrected chi connectivity index (χ4v) is 2.35. The lowest BCUT2D eigenvalue weighted by Crippen LogP contribution is -2.44. The topological polar surface area (TPSA) is 56.4 Å². The molecule has 0 unspecified atom stereocenters. The van der Waals surface area contributed by atoms with Gasteiger partial charge in [0.15, 0.2) is 0 Å². The largest absolute Gasteiger partial charge is 0.339 e. The Labute approximate surface area is 106 Å². The van der Waals surface area contributed by atoms with Crippen LogP contribution >= 0.6 is 0 Å². The van der Waals surface area contributed by atoms with Gasteiger partial charge in [-0.15, -0.1) is 0 Å². The molecule has 1 aromatic heterocycles. The van der Waals surface area contributed by atoms with Gasteiger partial charge in [0.1, 0.15) is 0 Å². The number of aromatic nitrogens is 1. The van der Waals surface area contributed by atoms with Gasteiger partial charge in [-0.3, -0.25) is 9.59 Å². The normalized spacial score (nSPS) is 17.2. The smallest absolute Gasteiger partial charge is 0.254 e. The van der Waals surface area contributed by atoms with Gasteiger partial charge in [0, 0.05) is 37.0 Å². The van der Waals surface area contributed by atoms with Crippen molar-refractivity contribution in [2.45, 2.75) is 18.9 Å². The molecule has 1 N–H and O–H groups in total. The highest BCUT2D eigenvalue weighted by Gasteiger charge is 2.24. The number of hydrogen-bond acceptors (Lipinski definition) is 3. The second-order valence-corrected chi connectivity index (χ2v) is 4.93. The summed E-state index contributed by atoms with van der Waals surface area (Å²) in [7, 11) is 4.14. The van der Waals surface area contributed by atoms with E-state index >= 15 is 0 Å². The lowest BCUT2D eigenvalue weighted by atomic mass is 10.0. The number of likely N-dealkylation sites (tertiary alicyclic amines) is 1. The molecule has 2 heterocycles. The summed E-state index contributed by atoms with van der Waals surface area (Å²) in [4.78, 5) is 29.9. The maximum Gasteiger partial charge on any atom is 0.254 e. The number of pyridine rings is 1. The number of aromatic amines is 1. The quantitative estimate of drug-likeness (QED) is 0.832. The summed E-state index contributed by atoms with van der Waals surface area (Å²) in [5.41, 5.74) is 0.242. The highest BCUT2D eigenvalue weighted by molar-refractivity contribution is 5.94. The van der Waals surface area contributed by atoms with Gasteiger partial charge in [0.2, 0.25) is 5.56 Å². The van der Waals surface area contributed by atoms with Gasteiger partial charge < -0.3 is 14.8 Å². The Morgan fingerprint density at radius 2 is 2.06 bits per heavy atom. The van der Waals surface area contributed by atoms with Crippen molar-refractivity contribution >= 4 is 5.91 Å². The molecule has 5 nitrogen and oxygen atoms in total. The molecule has 0 radical (unpaired) electrons. The van der Waals surface area contributed by atoms with Crippen LogP contribution in [-0.4, -0.2) is 53.9 Å². The van der Waals surface area contributed by atoms with E-state index in [0.717, 1.165) is 25.9 Å². The first-order valence-corrected chi connectivity index (χ1v) is 6.22. The number of amides is 1. The number of carbonyl (C=O) groups is 1. The Balaban J connectivity index is 2.02. The van der Waals surface area contributed by atoms with Crippen LogP contribution in [0.5, 0.6) is 0 Å². The van der Waals surface area contributed by atoms with Crippen LogP contribution in [0.2, 0.25) is 0 Å². The zero-order chi connectivity index (χ0) is 13.1. The molecule has 2 rings (SSSR count). The van der Waals surface area contributed by atoms with Crippen LogP contribution in [0.4, 0.5) is 0 Å². The minimum absolute atomic E-state index is 0.0432. The predicted octanol–water partition coefficient (Wildman–Crippen LogP) is 0.541. The molecular weight excluding hydrogens is 230 g/mol. The summed E-state index contributed by atoms with van der Waals surface area (Å²) in [6.07, 6.45) is 3.49. The van der Waals surface area contributed by atoms with Crippen LogP contribution in [0, 0.1) is 0 Å². The fourth-order valence-electron chi connectivity index (χ4n) is 2.35. The summed E-state index contributed by atoms with van der Waals surface area (Å²) in [6, 6.07) is 3.57. The minimum atomic E-state index is -0.232. The predicted molar refractivity (Wildman–Crippen MR) is 69.7 cm³/mol. The van der Waals surface area contributed by atoms with E-state index in [-0.39, 0.29) is 11.5 Å². The molecule has 5 heteroatoms. The molecule has 1 aliphatic heterocycles. The molecule has 0 bridgehead atoms. The average Bonchev–Trinajstić information content (AvgIpc) is 2.38. The summed E-state index contributed by atoms with van der Waals surface area (Å²) in [5, 5.41) is 0. The van der Waals surface area contributed by atoms with E-state index in [1.807, 2.05) is 4.90 Å². The lowest BCUT2D eigenvalue weighted by Gasteiger charge is -2.35. The minimum Gasteiger partial charge on any atom is -0.339 e. The number of H-pyrrole nitrogens is 1. The highest BCUT2D eigenvalue weighted by atomic mass is 16.2. The number of nitrogens with zero attached hydrogens (tertiary/aromatic N) is 2. The molecule has 98 valence electrons. The van der Waals surface area contributed by atoms with Crippen LogP contribution in [0.1, 0.15) is 23.2 Å². The van der Waals surface area contributed by atoms with E-state index in [1.165, 1.54) is 12.3 Å². The Morgan fingerprint density at radius 1 is 1.39 bits per heavy atom. The van der Waals surface area contributed by atoms with Crippen molar-refractivity contribution < 1.29 is 4.79 Å². The van der Waals surface area contributed by atoms with Crippen molar-refractivity contribution in [3.8, 4) is 0 Å². The van der Waals surface area contributed by atoms with Crippen molar-refractivity contribution in [1.82, 2.24) is 14.8 Å². The number of nitrogens with one attached hydrogen (secondary N) is 1. The Morgan fingerprint density at radius 3 is 2.61 bits per heavy atom. The molecule has 1 aromatic rings. The van der Waals surface area contributed by atoms with Crippen molar-refractivity contribution in [3.63, 3.8) is 0 Å². The van der Waals surface area contributed by atoms with Crippen molar-refractivity contribution in [2.75, 3.05) is 27.2 Å². The van der Waals surface area contributed by atoms with Gasteiger partial charge in [-0.1, -0.05) is 0 Å². The summed E-state index contributed by atoms with van der Waals surface area (Å²) in [6.45, 7) is 1.52. The summed E-state index contributed by atoms with van der Waals surface area (Å²) in [5.74, 6) is -0.0432. The molecule has 1 amide bonds. The Hall–Kier alpha value is -1.62. The number of carbonyl (C=O) groups excluding carboxylic acids is 1. The third-order valence-electron chi connectivity index (χ3n) is 3.50. The summed E-state index contributed by atoms with van der Waals surface area (Å²) < 4.78 is 0. The first kappa shape index (κ1) is 12.8. The third-order valence-corrected chi connectivity index (χ3v) is 3.50. The van der Waals surface area contributed by atoms with Crippen LogP contribution in [0.15, 0.2) is 23.1 Å². The molecule has 0 atom stereocenters. The third kappa shape index (κ3) is 2.79. The van der Waals surface area contributed by atoms with Gasteiger partial charge in [0.05, 0.1) is 0 Å². The lowest BCUT2D eigenvalue weighted by molar-refractivity contribution is 0.0663. The van der Waals surface area contributed by atoms with Crippen LogP contribution in [0.3, 0.4) is 0 Å². The van der Waals surface area contributed by atoms with Gasteiger partial charge in [-0.05, 0) is 33.0 Å². The second-order valence-electron chi connectivity index (χ2n) is 4.93. The highest BCUT2D eigenvalue weighted by Crippen LogP contribution is 2.16. The fraction of sp³-hybridized carbons (Fsp3) is 0.538. The van der Waals surface area contributed by atoms with E-state index in [4.69, 9.17) is 0 Å². The van der Waals surface area contributed by atoms with Crippen LogP contribution in [-0.2, 0) is 0 Å². The van der Waals surface area contributed by atoms with Crippen molar-refractivity contribution in [1.29, 1.82) is 0 Å². The molecular formula is C13H19N3O2. The average molecular weight is 249 g/mol. The zero-order valence-corrected chi connectivity index (χ0v) is 10.8. The molecule has 0 saturated carbocycles. The van der Waals surface area contributed by atoms with Crippen molar-refractivity contribution in [3.05, 3.63) is 34.2 Å². The van der Waals surface area contributed by atoms with Gasteiger partial charge >= 0.3 is 0 Å². The SMILES string of the molecule is CN(C)C1CCN(C(=O)c2cc[nH]c(=O)c2)CC1. The van der Waals surface area contributed by atoms with Crippen LogP contribution < -0.4 is 5.56 Å². The van der Waals surface area contributed by atoms with E-state index in [1.54, 1.807) is 6.07 Å². The van der Waals surface area contributed by atoms with Crippen LogP contribution in [0.25, 0.3) is 0 Å². The Kier molecular flexibility index (Phi) is 3.81. The van der Waals surface area contributed by atoms with E-state index in [9.17, 15) is 9.59 Å².